The molecule has 0 saturated carbocycles. The molecule has 2 N–H and O–H groups in total. The minimum Gasteiger partial charge on any atom is -0.493 e. The number of fused-ring (bicyclic) bond motifs is 1. The molecule has 1 heterocycles. The quantitative estimate of drug-likeness (QED) is 0.627. The highest BCUT2D eigenvalue weighted by Gasteiger charge is 2.18. The summed E-state index contributed by atoms with van der Waals surface area (Å²) in [7, 11) is 4.68. The first-order chi connectivity index (χ1) is 13.4. The molecule has 7 nitrogen and oxygen atoms in total. The van der Waals surface area contributed by atoms with Crippen molar-refractivity contribution >= 4 is 28.2 Å². The fraction of sp³-hybridized carbons (Fsp3) is 0.286. The van der Waals surface area contributed by atoms with Crippen molar-refractivity contribution in [2.75, 3.05) is 26.6 Å². The van der Waals surface area contributed by atoms with Gasteiger partial charge in [-0.25, -0.2) is 4.79 Å². The van der Waals surface area contributed by atoms with E-state index in [0.717, 1.165) is 27.8 Å². The topological polar surface area (TPSA) is 82.0 Å². The molecular formula is C21H24N2O5. The van der Waals surface area contributed by atoms with E-state index in [1.54, 1.807) is 32.0 Å². The zero-order chi connectivity index (χ0) is 20.4. The highest BCUT2D eigenvalue weighted by molar-refractivity contribution is 6.01. The zero-order valence-electron chi connectivity index (χ0n) is 16.6. The Hall–Kier alpha value is -3.35. The Bertz CT molecular complexity index is 1010. The third-order valence-corrected chi connectivity index (χ3v) is 4.64. The van der Waals surface area contributed by atoms with E-state index in [-0.39, 0.29) is 5.69 Å². The lowest BCUT2D eigenvalue weighted by Gasteiger charge is -2.16. The molecule has 3 aromatic rings. The van der Waals surface area contributed by atoms with Crippen LogP contribution in [0.2, 0.25) is 0 Å². The molecule has 3 rings (SSSR count). The second-order valence-corrected chi connectivity index (χ2v) is 6.36. The molecule has 0 bridgehead atoms. The molecule has 0 unspecified atom stereocenters. The molecule has 28 heavy (non-hydrogen) atoms. The first-order valence-electron chi connectivity index (χ1n) is 8.87. The molecule has 0 aliphatic heterocycles. The van der Waals surface area contributed by atoms with Crippen LogP contribution in [0.4, 0.5) is 11.4 Å². The molecule has 0 spiro atoms. The SMILES string of the molecule is CCn1c(C(=O)O)cc2c(Nc3cc(OC)c(OC)c(OC)c3)cc(C)cc21. The molecule has 148 valence electrons. The Morgan fingerprint density at radius 3 is 2.18 bits per heavy atom. The highest BCUT2D eigenvalue weighted by atomic mass is 16.5. The van der Waals surface area contributed by atoms with Crippen LogP contribution >= 0.6 is 0 Å². The van der Waals surface area contributed by atoms with Gasteiger partial charge in [-0.3, -0.25) is 0 Å². The summed E-state index contributed by atoms with van der Waals surface area (Å²) in [5.41, 5.74) is 3.69. The number of hydrogen-bond donors (Lipinski definition) is 2. The van der Waals surface area contributed by atoms with Gasteiger partial charge in [-0.05, 0) is 37.6 Å². The van der Waals surface area contributed by atoms with Crippen LogP contribution < -0.4 is 19.5 Å². The molecule has 0 amide bonds. The van der Waals surface area contributed by atoms with Crippen LogP contribution in [0.3, 0.4) is 0 Å². The lowest BCUT2D eigenvalue weighted by Crippen LogP contribution is -2.06. The predicted octanol–water partition coefficient (Wildman–Crippen LogP) is 4.44. The number of carboxylic acid groups (broad SMARTS) is 1. The predicted molar refractivity (Wildman–Crippen MR) is 109 cm³/mol. The summed E-state index contributed by atoms with van der Waals surface area (Å²) in [5.74, 6) is 0.626. The summed E-state index contributed by atoms with van der Waals surface area (Å²) < 4.78 is 18.0. The minimum atomic E-state index is -0.950. The smallest absolute Gasteiger partial charge is 0.352 e. The van der Waals surface area contributed by atoms with Gasteiger partial charge in [0.25, 0.3) is 0 Å². The zero-order valence-corrected chi connectivity index (χ0v) is 16.6. The molecule has 0 saturated heterocycles. The second-order valence-electron chi connectivity index (χ2n) is 6.36. The van der Waals surface area contributed by atoms with Gasteiger partial charge in [0, 0.05) is 35.4 Å². The molecule has 7 heteroatoms. The van der Waals surface area contributed by atoms with E-state index in [9.17, 15) is 9.90 Å². The number of carbonyl (C=O) groups is 1. The van der Waals surface area contributed by atoms with Crippen molar-refractivity contribution in [2.24, 2.45) is 0 Å². The van der Waals surface area contributed by atoms with E-state index in [2.05, 4.69) is 5.32 Å². The Kier molecular flexibility index (Phi) is 5.35. The third kappa shape index (κ3) is 3.31. The molecule has 0 aliphatic rings. The molecule has 0 fully saturated rings. The third-order valence-electron chi connectivity index (χ3n) is 4.64. The van der Waals surface area contributed by atoms with Gasteiger partial charge in [-0.1, -0.05) is 0 Å². The highest BCUT2D eigenvalue weighted by Crippen LogP contribution is 2.41. The summed E-state index contributed by atoms with van der Waals surface area (Å²) in [5, 5.41) is 13.8. The number of benzene rings is 2. The number of anilines is 2. The van der Waals surface area contributed by atoms with Gasteiger partial charge in [0.05, 0.1) is 26.8 Å². The number of aromatic nitrogens is 1. The molecular weight excluding hydrogens is 360 g/mol. The number of rotatable bonds is 7. The van der Waals surface area contributed by atoms with Crippen molar-refractivity contribution in [1.29, 1.82) is 0 Å². The number of carboxylic acids is 1. The monoisotopic (exact) mass is 384 g/mol. The van der Waals surface area contributed by atoms with Crippen molar-refractivity contribution in [3.8, 4) is 17.2 Å². The first kappa shape index (κ1) is 19.4. The van der Waals surface area contributed by atoms with Crippen molar-refractivity contribution < 1.29 is 24.1 Å². The van der Waals surface area contributed by atoms with E-state index in [1.165, 1.54) is 0 Å². The van der Waals surface area contributed by atoms with E-state index in [1.807, 2.05) is 38.1 Å². The lowest BCUT2D eigenvalue weighted by atomic mass is 10.1. The maximum Gasteiger partial charge on any atom is 0.352 e. The van der Waals surface area contributed by atoms with Gasteiger partial charge in [0.15, 0.2) is 11.5 Å². The van der Waals surface area contributed by atoms with Crippen molar-refractivity contribution in [3.63, 3.8) is 0 Å². The Labute approximate surface area is 163 Å². The number of methoxy groups -OCH3 is 3. The van der Waals surface area contributed by atoms with Gasteiger partial charge in [-0.15, -0.1) is 0 Å². The lowest BCUT2D eigenvalue weighted by molar-refractivity contribution is 0.0686. The average Bonchev–Trinajstić information content (AvgIpc) is 3.05. The number of aryl methyl sites for hydroxylation is 2. The molecule has 2 aromatic carbocycles. The van der Waals surface area contributed by atoms with Crippen LogP contribution in [0.5, 0.6) is 17.2 Å². The fourth-order valence-corrected chi connectivity index (χ4v) is 3.43. The summed E-state index contributed by atoms with van der Waals surface area (Å²) >= 11 is 0. The number of nitrogens with zero attached hydrogens (tertiary/aromatic N) is 1. The summed E-state index contributed by atoms with van der Waals surface area (Å²) in [6, 6.07) is 9.29. The molecule has 0 atom stereocenters. The maximum absolute atomic E-state index is 11.7. The summed E-state index contributed by atoms with van der Waals surface area (Å²) in [6.45, 7) is 4.48. The van der Waals surface area contributed by atoms with E-state index in [0.29, 0.717) is 23.8 Å². The van der Waals surface area contributed by atoms with E-state index >= 15 is 0 Å². The fourth-order valence-electron chi connectivity index (χ4n) is 3.43. The Balaban J connectivity index is 2.16. The van der Waals surface area contributed by atoms with Gasteiger partial charge in [0.2, 0.25) is 5.75 Å². The normalized spacial score (nSPS) is 10.8. The second kappa shape index (κ2) is 7.72. The van der Waals surface area contributed by atoms with Crippen LogP contribution in [0.1, 0.15) is 23.0 Å². The van der Waals surface area contributed by atoms with Crippen LogP contribution in [0.25, 0.3) is 10.9 Å². The van der Waals surface area contributed by atoms with Crippen molar-refractivity contribution in [3.05, 3.63) is 41.6 Å². The molecule has 1 aromatic heterocycles. The summed E-state index contributed by atoms with van der Waals surface area (Å²) in [4.78, 5) is 11.7. The van der Waals surface area contributed by atoms with Crippen LogP contribution in [-0.4, -0.2) is 37.0 Å². The number of nitrogens with one attached hydrogen (secondary N) is 1. The van der Waals surface area contributed by atoms with Gasteiger partial charge in [0.1, 0.15) is 5.69 Å². The number of aromatic carboxylic acids is 1. The number of ether oxygens (including phenoxy) is 3. The Morgan fingerprint density at radius 2 is 1.68 bits per heavy atom. The molecule has 0 radical (unpaired) electrons. The minimum absolute atomic E-state index is 0.260. The Morgan fingerprint density at radius 1 is 1.04 bits per heavy atom. The largest absolute Gasteiger partial charge is 0.493 e. The van der Waals surface area contributed by atoms with Crippen molar-refractivity contribution in [2.45, 2.75) is 20.4 Å². The standard InChI is InChI=1S/C21H24N2O5/c1-6-23-16-8-12(2)7-15(14(16)11-17(23)21(24)25)22-13-9-18(26-3)20(28-5)19(10-13)27-4/h7-11,22H,6H2,1-5H3,(H,24,25). The first-order valence-corrected chi connectivity index (χ1v) is 8.87. The van der Waals surface area contributed by atoms with E-state index in [4.69, 9.17) is 14.2 Å². The van der Waals surface area contributed by atoms with Gasteiger partial charge < -0.3 is 29.2 Å². The summed E-state index contributed by atoms with van der Waals surface area (Å²) in [6.07, 6.45) is 0. The number of hydrogen-bond acceptors (Lipinski definition) is 5. The average molecular weight is 384 g/mol. The van der Waals surface area contributed by atoms with Crippen LogP contribution in [0, 0.1) is 6.92 Å². The van der Waals surface area contributed by atoms with Gasteiger partial charge in [-0.2, -0.15) is 0 Å². The maximum atomic E-state index is 11.7. The van der Waals surface area contributed by atoms with Gasteiger partial charge >= 0.3 is 5.97 Å². The molecule has 0 aliphatic carbocycles. The van der Waals surface area contributed by atoms with E-state index < -0.39 is 5.97 Å². The van der Waals surface area contributed by atoms with Crippen molar-refractivity contribution in [1.82, 2.24) is 4.57 Å². The van der Waals surface area contributed by atoms with Crippen LogP contribution in [0.15, 0.2) is 30.3 Å². The van der Waals surface area contributed by atoms with Crippen LogP contribution in [-0.2, 0) is 6.54 Å².